The molecule has 0 radical (unpaired) electrons. The first-order valence-corrected chi connectivity index (χ1v) is 7.09. The normalized spacial score (nSPS) is 10.8. The first-order chi connectivity index (χ1) is 9.82. The van der Waals surface area contributed by atoms with Crippen LogP contribution in [0.1, 0.15) is 31.9 Å². The van der Waals surface area contributed by atoms with Gasteiger partial charge >= 0.3 is 0 Å². The second kappa shape index (κ2) is 7.62. The molecule has 2 N–H and O–H groups in total. The van der Waals surface area contributed by atoms with Crippen LogP contribution in [-0.2, 0) is 21.4 Å². The standard InChI is InChI=1S/C17H24N2O2/c1-5-15(20)18-10-11-19-16(21)12-13-6-8-14(9-7-13)17(2,3)4/h5-9H,1,10-12H2,2-4H3,(H,18,20)(H,19,21). The lowest BCUT2D eigenvalue weighted by atomic mass is 9.86. The molecule has 0 saturated carbocycles. The third-order valence-electron chi connectivity index (χ3n) is 3.12. The zero-order valence-corrected chi connectivity index (χ0v) is 13.0. The van der Waals surface area contributed by atoms with Crippen molar-refractivity contribution in [1.29, 1.82) is 0 Å². The third-order valence-corrected chi connectivity index (χ3v) is 3.12. The highest BCUT2D eigenvalue weighted by Gasteiger charge is 2.13. The van der Waals surface area contributed by atoms with Gasteiger partial charge in [0, 0.05) is 13.1 Å². The van der Waals surface area contributed by atoms with Crippen LogP contribution in [0.2, 0.25) is 0 Å². The van der Waals surface area contributed by atoms with Gasteiger partial charge in [0.15, 0.2) is 0 Å². The van der Waals surface area contributed by atoms with E-state index in [0.29, 0.717) is 19.5 Å². The van der Waals surface area contributed by atoms with E-state index in [1.54, 1.807) is 0 Å². The average molecular weight is 288 g/mol. The van der Waals surface area contributed by atoms with Gasteiger partial charge in [-0.25, -0.2) is 0 Å². The molecule has 0 atom stereocenters. The molecule has 1 rings (SSSR count). The van der Waals surface area contributed by atoms with Crippen LogP contribution in [0, 0.1) is 0 Å². The van der Waals surface area contributed by atoms with Gasteiger partial charge in [-0.05, 0) is 22.6 Å². The molecule has 0 spiro atoms. The van der Waals surface area contributed by atoms with E-state index in [0.717, 1.165) is 5.56 Å². The molecule has 4 nitrogen and oxygen atoms in total. The van der Waals surface area contributed by atoms with Gasteiger partial charge in [-0.2, -0.15) is 0 Å². The molecule has 0 aliphatic heterocycles. The van der Waals surface area contributed by atoms with Gasteiger partial charge in [0.2, 0.25) is 11.8 Å². The van der Waals surface area contributed by atoms with Crippen molar-refractivity contribution in [3.63, 3.8) is 0 Å². The van der Waals surface area contributed by atoms with Crippen molar-refractivity contribution in [2.24, 2.45) is 0 Å². The molecule has 0 bridgehead atoms. The second-order valence-electron chi connectivity index (χ2n) is 5.97. The molecule has 0 aromatic heterocycles. The molecule has 0 saturated heterocycles. The van der Waals surface area contributed by atoms with Crippen molar-refractivity contribution in [3.8, 4) is 0 Å². The largest absolute Gasteiger partial charge is 0.354 e. The summed E-state index contributed by atoms with van der Waals surface area (Å²) in [7, 11) is 0. The Morgan fingerprint density at radius 1 is 1.10 bits per heavy atom. The Kier molecular flexibility index (Phi) is 6.15. The minimum absolute atomic E-state index is 0.0497. The van der Waals surface area contributed by atoms with Crippen molar-refractivity contribution < 1.29 is 9.59 Å². The molecule has 0 aliphatic rings. The Hall–Kier alpha value is -2.10. The Bertz CT molecular complexity index is 499. The topological polar surface area (TPSA) is 58.2 Å². The number of rotatable bonds is 6. The van der Waals surface area contributed by atoms with E-state index in [9.17, 15) is 9.59 Å². The lowest BCUT2D eigenvalue weighted by Gasteiger charge is -2.19. The number of carbonyl (C=O) groups excluding carboxylic acids is 2. The minimum atomic E-state index is -0.234. The van der Waals surface area contributed by atoms with Gasteiger partial charge in [-0.1, -0.05) is 51.6 Å². The molecule has 0 fully saturated rings. The van der Waals surface area contributed by atoms with Crippen molar-refractivity contribution in [1.82, 2.24) is 10.6 Å². The van der Waals surface area contributed by atoms with Crippen molar-refractivity contribution in [2.75, 3.05) is 13.1 Å². The molecule has 0 heterocycles. The molecule has 0 aliphatic carbocycles. The molecule has 4 heteroatoms. The summed E-state index contributed by atoms with van der Waals surface area (Å²) in [6, 6.07) is 8.10. The first-order valence-electron chi connectivity index (χ1n) is 7.09. The number of hydrogen-bond acceptors (Lipinski definition) is 2. The van der Waals surface area contributed by atoms with E-state index in [4.69, 9.17) is 0 Å². The maximum absolute atomic E-state index is 11.8. The Morgan fingerprint density at radius 2 is 1.67 bits per heavy atom. The van der Waals surface area contributed by atoms with Crippen LogP contribution in [0.5, 0.6) is 0 Å². The fraction of sp³-hybridized carbons (Fsp3) is 0.412. The second-order valence-corrected chi connectivity index (χ2v) is 5.97. The van der Waals surface area contributed by atoms with Crippen LogP contribution < -0.4 is 10.6 Å². The Morgan fingerprint density at radius 3 is 2.19 bits per heavy atom. The highest BCUT2D eigenvalue weighted by Crippen LogP contribution is 2.22. The average Bonchev–Trinajstić information content (AvgIpc) is 2.43. The summed E-state index contributed by atoms with van der Waals surface area (Å²) in [4.78, 5) is 22.7. The molecule has 0 unspecified atom stereocenters. The summed E-state index contributed by atoms with van der Waals surface area (Å²) in [5.41, 5.74) is 2.35. The highest BCUT2D eigenvalue weighted by atomic mass is 16.2. The number of benzene rings is 1. The predicted octanol–water partition coefficient (Wildman–Crippen LogP) is 1.94. The quantitative estimate of drug-likeness (QED) is 0.621. The van der Waals surface area contributed by atoms with E-state index in [-0.39, 0.29) is 17.2 Å². The SMILES string of the molecule is C=CC(=O)NCCNC(=O)Cc1ccc(C(C)(C)C)cc1. The van der Waals surface area contributed by atoms with Gasteiger partial charge < -0.3 is 10.6 Å². The van der Waals surface area contributed by atoms with Crippen LogP contribution in [0.15, 0.2) is 36.9 Å². The van der Waals surface area contributed by atoms with Crippen LogP contribution in [-0.4, -0.2) is 24.9 Å². The highest BCUT2D eigenvalue weighted by molar-refractivity contribution is 5.86. The number of carbonyl (C=O) groups is 2. The maximum Gasteiger partial charge on any atom is 0.243 e. The Labute approximate surface area is 126 Å². The van der Waals surface area contributed by atoms with E-state index in [1.807, 2.05) is 12.1 Å². The summed E-state index contributed by atoms with van der Waals surface area (Å²) in [6.45, 7) is 10.6. The summed E-state index contributed by atoms with van der Waals surface area (Å²) < 4.78 is 0. The van der Waals surface area contributed by atoms with Crippen molar-refractivity contribution in [3.05, 3.63) is 48.0 Å². The first kappa shape index (κ1) is 17.0. The van der Waals surface area contributed by atoms with E-state index in [2.05, 4.69) is 50.1 Å². The fourth-order valence-electron chi connectivity index (χ4n) is 1.83. The molecule has 1 aromatic rings. The summed E-state index contributed by atoms with van der Waals surface area (Å²) in [5, 5.41) is 5.37. The van der Waals surface area contributed by atoms with E-state index in [1.165, 1.54) is 11.6 Å². The number of hydrogen-bond donors (Lipinski definition) is 2. The molecule has 1 aromatic carbocycles. The van der Waals surface area contributed by atoms with Crippen LogP contribution >= 0.6 is 0 Å². The van der Waals surface area contributed by atoms with Crippen LogP contribution in [0.4, 0.5) is 0 Å². The molecule has 114 valence electrons. The molecular weight excluding hydrogens is 264 g/mol. The minimum Gasteiger partial charge on any atom is -0.354 e. The summed E-state index contributed by atoms with van der Waals surface area (Å²) in [5.74, 6) is -0.284. The fourth-order valence-corrected chi connectivity index (χ4v) is 1.83. The van der Waals surface area contributed by atoms with Gasteiger partial charge in [0.1, 0.15) is 0 Å². The lowest BCUT2D eigenvalue weighted by Crippen LogP contribution is -2.34. The lowest BCUT2D eigenvalue weighted by molar-refractivity contribution is -0.121. The summed E-state index contributed by atoms with van der Waals surface area (Å²) in [6.07, 6.45) is 1.55. The van der Waals surface area contributed by atoms with E-state index >= 15 is 0 Å². The van der Waals surface area contributed by atoms with Crippen LogP contribution in [0.25, 0.3) is 0 Å². The zero-order valence-electron chi connectivity index (χ0n) is 13.0. The summed E-state index contributed by atoms with van der Waals surface area (Å²) >= 11 is 0. The molecular formula is C17H24N2O2. The van der Waals surface area contributed by atoms with Gasteiger partial charge in [0.25, 0.3) is 0 Å². The molecule has 21 heavy (non-hydrogen) atoms. The van der Waals surface area contributed by atoms with Gasteiger partial charge in [0.05, 0.1) is 6.42 Å². The van der Waals surface area contributed by atoms with Crippen LogP contribution in [0.3, 0.4) is 0 Å². The van der Waals surface area contributed by atoms with Crippen molar-refractivity contribution >= 4 is 11.8 Å². The maximum atomic E-state index is 11.8. The predicted molar refractivity (Wildman–Crippen MR) is 85.1 cm³/mol. The monoisotopic (exact) mass is 288 g/mol. The van der Waals surface area contributed by atoms with Crippen molar-refractivity contribution in [2.45, 2.75) is 32.6 Å². The van der Waals surface area contributed by atoms with E-state index < -0.39 is 0 Å². The number of amides is 2. The molecule has 2 amide bonds. The zero-order chi connectivity index (χ0) is 15.9. The van der Waals surface area contributed by atoms with Gasteiger partial charge in [-0.3, -0.25) is 9.59 Å². The Balaban J connectivity index is 2.38. The number of nitrogens with one attached hydrogen (secondary N) is 2. The van der Waals surface area contributed by atoms with Gasteiger partial charge in [-0.15, -0.1) is 0 Å². The smallest absolute Gasteiger partial charge is 0.243 e. The third kappa shape index (κ3) is 6.25.